The predicted octanol–water partition coefficient (Wildman–Crippen LogP) is 4.43. The number of pyridine rings is 1. The fourth-order valence-electron chi connectivity index (χ4n) is 3.59. The third-order valence-corrected chi connectivity index (χ3v) is 6.10. The van der Waals surface area contributed by atoms with E-state index in [-0.39, 0.29) is 29.9 Å². The molecule has 34 heavy (non-hydrogen) atoms. The lowest BCUT2D eigenvalue weighted by Crippen LogP contribution is -2.33. The van der Waals surface area contributed by atoms with E-state index in [0.717, 1.165) is 22.4 Å². The number of carbonyl (C=O) groups excluding carboxylic acids is 2. The van der Waals surface area contributed by atoms with Gasteiger partial charge in [0.2, 0.25) is 11.8 Å². The molecule has 2 aromatic heterocycles. The molecule has 0 spiro atoms. The number of carbonyl (C=O) groups is 2. The SMILES string of the molecule is CC(C)c1ccccc1-n1c(SCC(=O)NC(=O)Cc2ccccc2)nnc1-c1cccnc1. The molecule has 0 aliphatic carbocycles. The first-order valence-electron chi connectivity index (χ1n) is 11.0. The van der Waals surface area contributed by atoms with Gasteiger partial charge < -0.3 is 0 Å². The van der Waals surface area contributed by atoms with Crippen molar-refractivity contribution in [3.8, 4) is 17.1 Å². The topological polar surface area (TPSA) is 89.8 Å². The van der Waals surface area contributed by atoms with E-state index in [1.807, 2.05) is 65.2 Å². The molecule has 0 saturated heterocycles. The summed E-state index contributed by atoms with van der Waals surface area (Å²) in [7, 11) is 0. The highest BCUT2D eigenvalue weighted by Gasteiger charge is 2.20. The minimum Gasteiger partial charge on any atom is -0.295 e. The van der Waals surface area contributed by atoms with Crippen molar-refractivity contribution in [2.75, 3.05) is 5.75 Å². The summed E-state index contributed by atoms with van der Waals surface area (Å²) < 4.78 is 1.95. The molecular weight excluding hydrogens is 446 g/mol. The number of amides is 2. The fraction of sp³-hybridized carbons (Fsp3) is 0.192. The molecule has 2 amide bonds. The van der Waals surface area contributed by atoms with Crippen LogP contribution in [-0.4, -0.2) is 37.3 Å². The average Bonchev–Trinajstić information content (AvgIpc) is 3.27. The van der Waals surface area contributed by atoms with E-state index in [4.69, 9.17) is 0 Å². The number of hydrogen-bond acceptors (Lipinski definition) is 6. The van der Waals surface area contributed by atoms with Crippen LogP contribution in [0.4, 0.5) is 0 Å². The smallest absolute Gasteiger partial charge is 0.237 e. The highest BCUT2D eigenvalue weighted by molar-refractivity contribution is 7.99. The van der Waals surface area contributed by atoms with Crippen LogP contribution < -0.4 is 5.32 Å². The normalized spacial score (nSPS) is 10.9. The van der Waals surface area contributed by atoms with Gasteiger partial charge in [0.05, 0.1) is 17.9 Å². The van der Waals surface area contributed by atoms with Crippen LogP contribution in [0.15, 0.2) is 84.3 Å². The van der Waals surface area contributed by atoms with Gasteiger partial charge in [-0.2, -0.15) is 0 Å². The Balaban J connectivity index is 1.56. The van der Waals surface area contributed by atoms with Crippen molar-refractivity contribution in [3.05, 3.63) is 90.3 Å². The lowest BCUT2D eigenvalue weighted by atomic mass is 10.0. The molecule has 0 bridgehead atoms. The molecule has 0 aliphatic heterocycles. The predicted molar refractivity (Wildman–Crippen MR) is 133 cm³/mol. The molecular formula is C26H25N5O2S. The Morgan fingerprint density at radius 2 is 1.71 bits per heavy atom. The Labute approximate surface area is 202 Å². The summed E-state index contributed by atoms with van der Waals surface area (Å²) in [6, 6.07) is 21.2. The van der Waals surface area contributed by atoms with E-state index < -0.39 is 0 Å². The first kappa shape index (κ1) is 23.4. The van der Waals surface area contributed by atoms with Gasteiger partial charge in [-0.25, -0.2) is 0 Å². The molecule has 4 aromatic rings. The zero-order valence-electron chi connectivity index (χ0n) is 19.0. The summed E-state index contributed by atoms with van der Waals surface area (Å²) in [5.41, 5.74) is 3.76. The van der Waals surface area contributed by atoms with Gasteiger partial charge in [-0.15, -0.1) is 10.2 Å². The second-order valence-corrected chi connectivity index (χ2v) is 8.96. The van der Waals surface area contributed by atoms with Crippen LogP contribution in [0.1, 0.15) is 30.9 Å². The highest BCUT2D eigenvalue weighted by atomic mass is 32.2. The van der Waals surface area contributed by atoms with E-state index in [2.05, 4.69) is 40.4 Å². The maximum absolute atomic E-state index is 12.5. The number of thioether (sulfide) groups is 1. The second kappa shape index (κ2) is 10.9. The molecule has 0 unspecified atom stereocenters. The van der Waals surface area contributed by atoms with E-state index in [9.17, 15) is 9.59 Å². The molecule has 7 nitrogen and oxygen atoms in total. The molecule has 8 heteroatoms. The monoisotopic (exact) mass is 471 g/mol. The maximum Gasteiger partial charge on any atom is 0.237 e. The number of benzene rings is 2. The molecule has 0 saturated carbocycles. The van der Waals surface area contributed by atoms with Crippen LogP contribution in [0.25, 0.3) is 17.1 Å². The van der Waals surface area contributed by atoms with Crippen LogP contribution in [0.3, 0.4) is 0 Å². The van der Waals surface area contributed by atoms with Gasteiger partial charge in [0, 0.05) is 18.0 Å². The van der Waals surface area contributed by atoms with Gasteiger partial charge in [-0.1, -0.05) is 74.1 Å². The Kier molecular flexibility index (Phi) is 7.49. The Hall–Kier alpha value is -3.78. The molecule has 4 rings (SSSR count). The van der Waals surface area contributed by atoms with Gasteiger partial charge >= 0.3 is 0 Å². The van der Waals surface area contributed by atoms with E-state index in [1.165, 1.54) is 11.8 Å². The van der Waals surface area contributed by atoms with Crippen molar-refractivity contribution in [1.29, 1.82) is 0 Å². The number of rotatable bonds is 8. The largest absolute Gasteiger partial charge is 0.295 e. The minimum atomic E-state index is -0.374. The summed E-state index contributed by atoms with van der Waals surface area (Å²) in [5.74, 6) is 0.247. The Morgan fingerprint density at radius 3 is 2.44 bits per heavy atom. The number of hydrogen-bond donors (Lipinski definition) is 1. The summed E-state index contributed by atoms with van der Waals surface area (Å²) in [6.07, 6.45) is 3.60. The van der Waals surface area contributed by atoms with Crippen molar-refractivity contribution in [3.63, 3.8) is 0 Å². The van der Waals surface area contributed by atoms with Gasteiger partial charge in [-0.3, -0.25) is 24.5 Å². The third kappa shape index (κ3) is 5.58. The quantitative estimate of drug-likeness (QED) is 0.383. The van der Waals surface area contributed by atoms with Crippen molar-refractivity contribution in [2.45, 2.75) is 31.3 Å². The van der Waals surface area contributed by atoms with E-state index in [0.29, 0.717) is 11.0 Å². The molecule has 1 N–H and O–H groups in total. The van der Waals surface area contributed by atoms with Gasteiger partial charge in [0.15, 0.2) is 11.0 Å². The molecule has 0 radical (unpaired) electrons. The molecule has 2 aromatic carbocycles. The van der Waals surface area contributed by atoms with Crippen LogP contribution in [0.5, 0.6) is 0 Å². The van der Waals surface area contributed by atoms with Crippen LogP contribution in [-0.2, 0) is 16.0 Å². The van der Waals surface area contributed by atoms with E-state index in [1.54, 1.807) is 12.4 Å². The molecule has 0 atom stereocenters. The number of para-hydroxylation sites is 1. The molecule has 2 heterocycles. The van der Waals surface area contributed by atoms with Crippen molar-refractivity contribution in [2.24, 2.45) is 0 Å². The minimum absolute atomic E-state index is 0.0373. The zero-order valence-corrected chi connectivity index (χ0v) is 19.8. The standard InChI is InChI=1S/C26H25N5O2S/c1-18(2)21-12-6-7-13-22(21)31-25(20-11-8-14-27-16-20)29-30-26(31)34-17-24(33)28-23(32)15-19-9-4-3-5-10-19/h3-14,16,18H,15,17H2,1-2H3,(H,28,32,33). The van der Waals surface area contributed by atoms with Crippen LogP contribution in [0.2, 0.25) is 0 Å². The average molecular weight is 472 g/mol. The lowest BCUT2D eigenvalue weighted by molar-refractivity contribution is -0.128. The fourth-order valence-corrected chi connectivity index (χ4v) is 4.33. The highest BCUT2D eigenvalue weighted by Crippen LogP contribution is 2.31. The summed E-state index contributed by atoms with van der Waals surface area (Å²) >= 11 is 1.24. The van der Waals surface area contributed by atoms with E-state index >= 15 is 0 Å². The lowest BCUT2D eigenvalue weighted by Gasteiger charge is -2.16. The van der Waals surface area contributed by atoms with Crippen LogP contribution in [0, 0.1) is 0 Å². The van der Waals surface area contributed by atoms with Crippen molar-refractivity contribution in [1.82, 2.24) is 25.1 Å². The molecule has 0 fully saturated rings. The summed E-state index contributed by atoms with van der Waals surface area (Å²) in [5, 5.41) is 11.8. The number of imide groups is 1. The number of nitrogens with one attached hydrogen (secondary N) is 1. The van der Waals surface area contributed by atoms with Gasteiger partial charge in [0.1, 0.15) is 0 Å². The first-order valence-corrected chi connectivity index (χ1v) is 12.0. The Bertz CT molecular complexity index is 1270. The molecule has 0 aliphatic rings. The summed E-state index contributed by atoms with van der Waals surface area (Å²) in [4.78, 5) is 29.0. The number of aromatic nitrogens is 4. The second-order valence-electron chi connectivity index (χ2n) is 8.02. The maximum atomic E-state index is 12.5. The number of nitrogens with zero attached hydrogens (tertiary/aromatic N) is 4. The third-order valence-electron chi connectivity index (χ3n) is 5.17. The van der Waals surface area contributed by atoms with Crippen molar-refractivity contribution < 1.29 is 9.59 Å². The zero-order chi connectivity index (χ0) is 23.9. The van der Waals surface area contributed by atoms with Crippen molar-refractivity contribution >= 4 is 23.6 Å². The Morgan fingerprint density at radius 1 is 0.941 bits per heavy atom. The van der Waals surface area contributed by atoms with Gasteiger partial charge in [0.25, 0.3) is 0 Å². The summed E-state index contributed by atoms with van der Waals surface area (Å²) in [6.45, 7) is 4.26. The molecule has 172 valence electrons. The van der Waals surface area contributed by atoms with Crippen LogP contribution >= 0.6 is 11.8 Å². The first-order chi connectivity index (χ1) is 16.5. The van der Waals surface area contributed by atoms with Gasteiger partial charge in [-0.05, 0) is 35.2 Å².